The van der Waals surface area contributed by atoms with Crippen molar-refractivity contribution in [2.75, 3.05) is 44.6 Å². The van der Waals surface area contributed by atoms with Crippen molar-refractivity contribution in [3.8, 4) is 0 Å². The summed E-state index contributed by atoms with van der Waals surface area (Å²) >= 11 is 0. The van der Waals surface area contributed by atoms with Crippen LogP contribution in [0, 0.1) is 0 Å². The molecule has 1 aliphatic rings. The third-order valence-electron chi connectivity index (χ3n) is 4.93. The highest BCUT2D eigenvalue weighted by Gasteiger charge is 2.23. The van der Waals surface area contributed by atoms with Gasteiger partial charge in [0.2, 0.25) is 10.0 Å². The minimum absolute atomic E-state index is 0.00175. The predicted molar refractivity (Wildman–Crippen MR) is 114 cm³/mol. The third-order valence-corrected chi connectivity index (χ3v) is 6.76. The topological polar surface area (TPSA) is 96.0 Å². The molecule has 0 saturated heterocycles. The van der Waals surface area contributed by atoms with Crippen LogP contribution in [-0.4, -0.2) is 58.9 Å². The molecule has 160 valence electrons. The molecule has 2 aromatic rings. The number of hydrogen-bond acceptors (Lipinski definition) is 5. The molecular formula is C21H25N3O5S. The van der Waals surface area contributed by atoms with Crippen LogP contribution in [0.3, 0.4) is 0 Å². The van der Waals surface area contributed by atoms with Crippen molar-refractivity contribution >= 4 is 33.2 Å². The van der Waals surface area contributed by atoms with E-state index < -0.39 is 10.0 Å². The first-order valence-electron chi connectivity index (χ1n) is 9.50. The molecule has 0 saturated carbocycles. The van der Waals surface area contributed by atoms with Gasteiger partial charge in [0.1, 0.15) is 6.61 Å². The van der Waals surface area contributed by atoms with Crippen LogP contribution in [0.25, 0.3) is 0 Å². The molecule has 1 heterocycles. The minimum Gasteiger partial charge on any atom is -0.375 e. The lowest BCUT2D eigenvalue weighted by Gasteiger charge is -2.29. The first-order chi connectivity index (χ1) is 14.2. The molecule has 0 radical (unpaired) electrons. The van der Waals surface area contributed by atoms with Crippen LogP contribution in [0.2, 0.25) is 0 Å². The van der Waals surface area contributed by atoms with Crippen LogP contribution in [0.15, 0.2) is 47.4 Å². The monoisotopic (exact) mass is 431 g/mol. The van der Waals surface area contributed by atoms with Crippen molar-refractivity contribution < 1.29 is 22.7 Å². The Balaban J connectivity index is 1.79. The number of sulfonamides is 1. The number of nitrogens with one attached hydrogen (secondary N) is 1. The van der Waals surface area contributed by atoms with Crippen molar-refractivity contribution in [1.29, 1.82) is 0 Å². The Kier molecular flexibility index (Phi) is 6.55. The number of aryl methyl sites for hydroxylation is 1. The second-order valence-corrected chi connectivity index (χ2v) is 9.34. The summed E-state index contributed by atoms with van der Waals surface area (Å²) in [6.45, 7) is 0.604. The summed E-state index contributed by atoms with van der Waals surface area (Å²) in [6, 6.07) is 11.2. The van der Waals surface area contributed by atoms with Crippen molar-refractivity contribution in [3.05, 3.63) is 53.6 Å². The van der Waals surface area contributed by atoms with Gasteiger partial charge in [-0.1, -0.05) is 6.07 Å². The summed E-state index contributed by atoms with van der Waals surface area (Å²) in [4.78, 5) is 26.8. The molecule has 2 aromatic carbocycles. The Morgan fingerprint density at radius 1 is 1.13 bits per heavy atom. The fraction of sp³-hybridized carbons (Fsp3) is 0.333. The Labute approximate surface area is 176 Å². The van der Waals surface area contributed by atoms with Crippen LogP contribution >= 0.6 is 0 Å². The number of methoxy groups -OCH3 is 1. The van der Waals surface area contributed by atoms with E-state index in [0.29, 0.717) is 17.8 Å². The van der Waals surface area contributed by atoms with Crippen LogP contribution in [0.1, 0.15) is 22.3 Å². The molecule has 1 N–H and O–H groups in total. The summed E-state index contributed by atoms with van der Waals surface area (Å²) in [6.07, 6.45) is 1.73. The van der Waals surface area contributed by atoms with E-state index in [1.54, 1.807) is 17.0 Å². The highest BCUT2D eigenvalue weighted by molar-refractivity contribution is 7.89. The molecule has 0 spiro atoms. The lowest BCUT2D eigenvalue weighted by molar-refractivity contribution is -0.122. The summed E-state index contributed by atoms with van der Waals surface area (Å²) in [5, 5.41) is 2.81. The molecule has 0 aromatic heterocycles. The number of rotatable bonds is 6. The second-order valence-electron chi connectivity index (χ2n) is 7.19. The molecule has 0 fully saturated rings. The average Bonchev–Trinajstić information content (AvgIpc) is 2.73. The minimum atomic E-state index is -3.55. The smallest absolute Gasteiger partial charge is 0.255 e. The summed E-state index contributed by atoms with van der Waals surface area (Å²) in [7, 11) is 0.829. The predicted octanol–water partition coefficient (Wildman–Crippen LogP) is 2.11. The van der Waals surface area contributed by atoms with Gasteiger partial charge in [-0.25, -0.2) is 12.7 Å². The summed E-state index contributed by atoms with van der Waals surface area (Å²) < 4.78 is 30.4. The first kappa shape index (κ1) is 21.9. The fourth-order valence-corrected chi connectivity index (χ4v) is 4.21. The Bertz CT molecular complexity index is 1050. The van der Waals surface area contributed by atoms with E-state index in [1.165, 1.54) is 45.5 Å². The van der Waals surface area contributed by atoms with Crippen molar-refractivity contribution in [1.82, 2.24) is 4.31 Å². The van der Waals surface area contributed by atoms with Crippen molar-refractivity contribution in [3.63, 3.8) is 0 Å². The molecule has 30 heavy (non-hydrogen) atoms. The van der Waals surface area contributed by atoms with E-state index in [0.717, 1.165) is 28.4 Å². The number of carbonyl (C=O) groups is 2. The van der Waals surface area contributed by atoms with Crippen LogP contribution in [0.4, 0.5) is 11.4 Å². The molecule has 9 heteroatoms. The zero-order valence-electron chi connectivity index (χ0n) is 17.2. The van der Waals surface area contributed by atoms with Gasteiger partial charge in [-0.15, -0.1) is 0 Å². The van der Waals surface area contributed by atoms with Gasteiger partial charge in [0.15, 0.2) is 0 Å². The molecule has 1 aliphatic heterocycles. The molecule has 8 nitrogen and oxygen atoms in total. The molecule has 0 atom stereocenters. The number of nitrogens with zero attached hydrogens (tertiary/aromatic N) is 2. The lowest BCUT2D eigenvalue weighted by atomic mass is 10.0. The molecular weight excluding hydrogens is 406 g/mol. The van der Waals surface area contributed by atoms with E-state index in [1.807, 2.05) is 6.07 Å². The van der Waals surface area contributed by atoms with E-state index in [2.05, 4.69) is 5.32 Å². The lowest BCUT2D eigenvalue weighted by Crippen LogP contribution is -2.37. The van der Waals surface area contributed by atoms with Gasteiger partial charge in [-0.05, 0) is 54.8 Å². The van der Waals surface area contributed by atoms with Gasteiger partial charge in [0.25, 0.3) is 11.8 Å². The molecule has 2 amide bonds. The van der Waals surface area contributed by atoms with Gasteiger partial charge in [-0.2, -0.15) is 0 Å². The number of amides is 2. The van der Waals surface area contributed by atoms with Crippen molar-refractivity contribution in [2.45, 2.75) is 17.7 Å². The van der Waals surface area contributed by atoms with E-state index in [4.69, 9.17) is 4.74 Å². The molecule has 0 aliphatic carbocycles. The average molecular weight is 432 g/mol. The second kappa shape index (κ2) is 8.95. The maximum absolute atomic E-state index is 12.6. The van der Waals surface area contributed by atoms with Crippen molar-refractivity contribution in [2.24, 2.45) is 0 Å². The Hall–Kier alpha value is -2.75. The standard InChI is InChI=1S/C21H25N3O5S/c1-23(2)30(27,28)18-10-7-16(8-11-18)21(26)22-17-9-6-15-5-4-12-24(19(15)13-17)20(25)14-29-3/h6-11,13H,4-5,12,14H2,1-3H3,(H,22,26). The van der Waals surface area contributed by atoms with Crippen LogP contribution in [-0.2, 0) is 26.0 Å². The van der Waals surface area contributed by atoms with Gasteiger partial charge >= 0.3 is 0 Å². The SMILES string of the molecule is COCC(=O)N1CCCc2ccc(NC(=O)c3ccc(S(=O)(=O)N(C)C)cc3)cc21. The van der Waals surface area contributed by atoms with E-state index >= 15 is 0 Å². The van der Waals surface area contributed by atoms with Gasteiger partial charge in [-0.3, -0.25) is 9.59 Å². The molecule has 3 rings (SSSR count). The maximum atomic E-state index is 12.6. The summed E-state index contributed by atoms with van der Waals surface area (Å²) in [5.74, 6) is -0.492. The molecule has 0 bridgehead atoms. The zero-order chi connectivity index (χ0) is 21.9. The van der Waals surface area contributed by atoms with E-state index in [9.17, 15) is 18.0 Å². The number of ether oxygens (including phenoxy) is 1. The fourth-order valence-electron chi connectivity index (χ4n) is 3.31. The number of benzene rings is 2. The maximum Gasteiger partial charge on any atom is 0.255 e. The quantitative estimate of drug-likeness (QED) is 0.756. The summed E-state index contributed by atoms with van der Waals surface area (Å²) in [5.41, 5.74) is 2.70. The van der Waals surface area contributed by atoms with E-state index in [-0.39, 0.29) is 23.3 Å². The Morgan fingerprint density at radius 2 is 1.83 bits per heavy atom. The highest BCUT2D eigenvalue weighted by atomic mass is 32.2. The number of hydrogen-bond donors (Lipinski definition) is 1. The largest absolute Gasteiger partial charge is 0.375 e. The van der Waals surface area contributed by atoms with Crippen LogP contribution in [0.5, 0.6) is 0 Å². The number of anilines is 2. The van der Waals surface area contributed by atoms with Crippen LogP contribution < -0.4 is 10.2 Å². The zero-order valence-corrected chi connectivity index (χ0v) is 18.0. The first-order valence-corrected chi connectivity index (χ1v) is 10.9. The third kappa shape index (κ3) is 4.53. The van der Waals surface area contributed by atoms with Gasteiger partial charge in [0.05, 0.1) is 4.90 Å². The van der Waals surface area contributed by atoms with Gasteiger partial charge in [0, 0.05) is 44.7 Å². The Morgan fingerprint density at radius 3 is 2.47 bits per heavy atom. The van der Waals surface area contributed by atoms with Gasteiger partial charge < -0.3 is 15.0 Å². The number of fused-ring (bicyclic) bond motifs is 1. The molecule has 0 unspecified atom stereocenters. The number of carbonyl (C=O) groups excluding carboxylic acids is 2. The normalized spacial score (nSPS) is 13.8. The highest BCUT2D eigenvalue weighted by Crippen LogP contribution is 2.30.